The largest absolute Gasteiger partial charge is 0.378 e. The maximum atomic E-state index is 3.64. The second kappa shape index (κ2) is 6.45. The second-order valence-corrected chi connectivity index (χ2v) is 6.36. The quantitative estimate of drug-likeness (QED) is 0.746. The van der Waals surface area contributed by atoms with Crippen molar-refractivity contribution >= 4 is 21.6 Å². The monoisotopic (exact) mass is 331 g/mol. The minimum Gasteiger partial charge on any atom is -0.378 e. The first kappa shape index (κ1) is 15.1. The lowest BCUT2D eigenvalue weighted by atomic mass is 10.0. The van der Waals surface area contributed by atoms with Crippen LogP contribution in [0.25, 0.3) is 0 Å². The van der Waals surface area contributed by atoms with Crippen LogP contribution in [0.1, 0.15) is 42.1 Å². The Bertz CT molecular complexity index is 584. The van der Waals surface area contributed by atoms with Crippen LogP contribution >= 0.6 is 15.9 Å². The van der Waals surface area contributed by atoms with Gasteiger partial charge in [0.15, 0.2) is 0 Å². The average Bonchev–Trinajstić information content (AvgIpc) is 2.39. The molecule has 2 heteroatoms. The molecule has 0 saturated heterocycles. The molecular formula is C18H22BrN. The SMILES string of the molecule is CCc1cc(Br)ccc1NC(C)c1cc(C)cc(C)c1. The molecule has 0 aliphatic rings. The number of benzene rings is 2. The van der Waals surface area contributed by atoms with E-state index in [1.165, 1.54) is 27.9 Å². The minimum atomic E-state index is 0.306. The van der Waals surface area contributed by atoms with Crippen molar-refractivity contribution in [2.75, 3.05) is 5.32 Å². The third kappa shape index (κ3) is 3.63. The van der Waals surface area contributed by atoms with Gasteiger partial charge in [0.1, 0.15) is 0 Å². The fourth-order valence-corrected chi connectivity index (χ4v) is 2.98. The molecule has 0 heterocycles. The predicted octanol–water partition coefficient (Wildman–Crippen LogP) is 5.80. The van der Waals surface area contributed by atoms with E-state index in [9.17, 15) is 0 Å². The zero-order chi connectivity index (χ0) is 14.7. The van der Waals surface area contributed by atoms with E-state index in [0.717, 1.165) is 10.9 Å². The van der Waals surface area contributed by atoms with Crippen LogP contribution in [0.2, 0.25) is 0 Å². The lowest BCUT2D eigenvalue weighted by Crippen LogP contribution is -2.09. The van der Waals surface area contributed by atoms with E-state index in [0.29, 0.717) is 6.04 Å². The number of hydrogen-bond donors (Lipinski definition) is 1. The molecule has 0 spiro atoms. The van der Waals surface area contributed by atoms with Crippen molar-refractivity contribution in [3.8, 4) is 0 Å². The Morgan fingerprint density at radius 1 is 1.05 bits per heavy atom. The van der Waals surface area contributed by atoms with E-state index < -0.39 is 0 Å². The molecule has 1 unspecified atom stereocenters. The summed E-state index contributed by atoms with van der Waals surface area (Å²) in [6.45, 7) is 8.71. The molecule has 0 radical (unpaired) electrons. The van der Waals surface area contributed by atoms with Crippen molar-refractivity contribution in [1.29, 1.82) is 0 Å². The summed E-state index contributed by atoms with van der Waals surface area (Å²) in [5, 5.41) is 3.64. The lowest BCUT2D eigenvalue weighted by Gasteiger charge is -2.19. The number of nitrogens with one attached hydrogen (secondary N) is 1. The molecule has 2 rings (SSSR count). The van der Waals surface area contributed by atoms with Crippen LogP contribution < -0.4 is 5.32 Å². The van der Waals surface area contributed by atoms with Gasteiger partial charge in [-0.3, -0.25) is 0 Å². The van der Waals surface area contributed by atoms with Crippen molar-refractivity contribution in [3.05, 3.63) is 63.1 Å². The Morgan fingerprint density at radius 3 is 2.30 bits per heavy atom. The summed E-state index contributed by atoms with van der Waals surface area (Å²) in [6, 6.07) is 13.5. The molecule has 1 atom stereocenters. The highest BCUT2D eigenvalue weighted by Gasteiger charge is 2.09. The molecule has 1 nitrogen and oxygen atoms in total. The van der Waals surface area contributed by atoms with E-state index >= 15 is 0 Å². The fraction of sp³-hybridized carbons (Fsp3) is 0.333. The predicted molar refractivity (Wildman–Crippen MR) is 91.5 cm³/mol. The van der Waals surface area contributed by atoms with Gasteiger partial charge in [0.05, 0.1) is 0 Å². The molecule has 0 fully saturated rings. The molecule has 1 N–H and O–H groups in total. The summed E-state index contributed by atoms with van der Waals surface area (Å²) >= 11 is 3.54. The molecule has 0 bridgehead atoms. The van der Waals surface area contributed by atoms with Crippen LogP contribution in [0.15, 0.2) is 40.9 Å². The third-order valence-corrected chi connectivity index (χ3v) is 4.06. The van der Waals surface area contributed by atoms with Crippen molar-refractivity contribution in [3.63, 3.8) is 0 Å². The Balaban J connectivity index is 2.25. The Hall–Kier alpha value is -1.28. The van der Waals surface area contributed by atoms with Crippen molar-refractivity contribution in [2.45, 2.75) is 40.2 Å². The summed E-state index contributed by atoms with van der Waals surface area (Å²) in [7, 11) is 0. The van der Waals surface area contributed by atoms with Crippen molar-refractivity contribution in [1.82, 2.24) is 0 Å². The Morgan fingerprint density at radius 2 is 1.70 bits per heavy atom. The summed E-state index contributed by atoms with van der Waals surface area (Å²) in [5.74, 6) is 0. The van der Waals surface area contributed by atoms with Crippen LogP contribution in [0.4, 0.5) is 5.69 Å². The van der Waals surface area contributed by atoms with Gasteiger partial charge in [0, 0.05) is 16.2 Å². The zero-order valence-corrected chi connectivity index (χ0v) is 14.2. The average molecular weight is 332 g/mol. The zero-order valence-electron chi connectivity index (χ0n) is 12.6. The molecular weight excluding hydrogens is 310 g/mol. The first-order chi connectivity index (χ1) is 9.49. The number of rotatable bonds is 4. The van der Waals surface area contributed by atoms with Gasteiger partial charge in [-0.05, 0) is 56.5 Å². The van der Waals surface area contributed by atoms with Gasteiger partial charge in [-0.25, -0.2) is 0 Å². The lowest BCUT2D eigenvalue weighted by molar-refractivity contribution is 0.875. The summed E-state index contributed by atoms with van der Waals surface area (Å²) in [4.78, 5) is 0. The van der Waals surface area contributed by atoms with Gasteiger partial charge in [-0.1, -0.05) is 52.2 Å². The van der Waals surface area contributed by atoms with Crippen molar-refractivity contribution < 1.29 is 0 Å². The number of aryl methyl sites for hydroxylation is 3. The highest BCUT2D eigenvalue weighted by molar-refractivity contribution is 9.10. The highest BCUT2D eigenvalue weighted by Crippen LogP contribution is 2.26. The first-order valence-electron chi connectivity index (χ1n) is 7.12. The molecule has 0 saturated carbocycles. The van der Waals surface area contributed by atoms with Crippen LogP contribution in [0, 0.1) is 13.8 Å². The normalized spacial score (nSPS) is 12.2. The van der Waals surface area contributed by atoms with E-state index in [-0.39, 0.29) is 0 Å². The van der Waals surface area contributed by atoms with Crippen LogP contribution in [0.3, 0.4) is 0 Å². The number of halogens is 1. The summed E-state index contributed by atoms with van der Waals surface area (Å²) in [5.41, 5.74) is 6.55. The molecule has 2 aromatic rings. The first-order valence-corrected chi connectivity index (χ1v) is 7.92. The van der Waals surface area contributed by atoms with E-state index in [4.69, 9.17) is 0 Å². The summed E-state index contributed by atoms with van der Waals surface area (Å²) in [6.07, 6.45) is 1.03. The van der Waals surface area contributed by atoms with Gasteiger partial charge in [-0.2, -0.15) is 0 Å². The van der Waals surface area contributed by atoms with Crippen LogP contribution in [0.5, 0.6) is 0 Å². The topological polar surface area (TPSA) is 12.0 Å². The van der Waals surface area contributed by atoms with Gasteiger partial charge in [-0.15, -0.1) is 0 Å². The van der Waals surface area contributed by atoms with Crippen molar-refractivity contribution in [2.24, 2.45) is 0 Å². The number of hydrogen-bond acceptors (Lipinski definition) is 1. The second-order valence-electron chi connectivity index (χ2n) is 5.44. The molecule has 0 amide bonds. The van der Waals surface area contributed by atoms with Gasteiger partial charge < -0.3 is 5.32 Å². The van der Waals surface area contributed by atoms with Gasteiger partial charge >= 0.3 is 0 Å². The molecule has 106 valence electrons. The maximum absolute atomic E-state index is 3.64. The summed E-state index contributed by atoms with van der Waals surface area (Å²) < 4.78 is 1.14. The number of anilines is 1. The molecule has 20 heavy (non-hydrogen) atoms. The van der Waals surface area contributed by atoms with E-state index in [2.05, 4.69) is 85.3 Å². The highest BCUT2D eigenvalue weighted by atomic mass is 79.9. The molecule has 0 aliphatic heterocycles. The minimum absolute atomic E-state index is 0.306. The van der Waals surface area contributed by atoms with Gasteiger partial charge in [0.25, 0.3) is 0 Å². The molecule has 0 aliphatic carbocycles. The fourth-order valence-electron chi connectivity index (χ4n) is 2.57. The molecule has 0 aromatic heterocycles. The third-order valence-electron chi connectivity index (χ3n) is 3.56. The standard InChI is InChI=1S/C18H22BrN/c1-5-15-11-17(19)6-7-18(15)20-14(4)16-9-12(2)8-13(3)10-16/h6-11,14,20H,5H2,1-4H3. The molecule has 2 aromatic carbocycles. The maximum Gasteiger partial charge on any atom is 0.0485 e. The van der Waals surface area contributed by atoms with E-state index in [1.807, 2.05) is 0 Å². The Labute approximate surface area is 130 Å². The Kier molecular flexibility index (Phi) is 4.87. The van der Waals surface area contributed by atoms with Crippen LogP contribution in [-0.2, 0) is 6.42 Å². The van der Waals surface area contributed by atoms with E-state index in [1.54, 1.807) is 0 Å². The van der Waals surface area contributed by atoms with Crippen LogP contribution in [-0.4, -0.2) is 0 Å². The van der Waals surface area contributed by atoms with Gasteiger partial charge in [0.2, 0.25) is 0 Å². The smallest absolute Gasteiger partial charge is 0.0485 e.